The standard InChI is InChI=1S/C30H25N3O4S2/c1-17-8-10-19(11-9-17)16-38-30-32-31-29(39-30)33-25(20-6-4-3-5-7-20)24(27(35)28(33)36)26(34)21-12-13-23-22(15-21)14-18(2)37-23/h3-13,15,18,25,34H,14,16H2,1-2H3/b26-24+. The highest BCUT2D eigenvalue weighted by atomic mass is 32.2. The summed E-state index contributed by atoms with van der Waals surface area (Å²) in [7, 11) is 0. The predicted octanol–water partition coefficient (Wildman–Crippen LogP) is 6.09. The molecule has 1 aromatic heterocycles. The maximum absolute atomic E-state index is 13.4. The number of fused-ring (bicyclic) bond motifs is 1. The number of nitrogens with zero attached hydrogens (tertiary/aromatic N) is 3. The van der Waals surface area contributed by atoms with Crippen molar-refractivity contribution in [2.24, 2.45) is 0 Å². The Hall–Kier alpha value is -3.95. The lowest BCUT2D eigenvalue weighted by atomic mass is 9.94. The first-order valence-electron chi connectivity index (χ1n) is 12.6. The number of anilines is 1. The number of ether oxygens (including phenoxy) is 1. The van der Waals surface area contributed by atoms with Crippen LogP contribution < -0.4 is 9.64 Å². The van der Waals surface area contributed by atoms with Gasteiger partial charge in [-0.2, -0.15) is 0 Å². The lowest BCUT2D eigenvalue weighted by Gasteiger charge is -2.22. The maximum Gasteiger partial charge on any atom is 0.301 e. The topological polar surface area (TPSA) is 92.6 Å². The number of carbonyl (C=O) groups is 2. The molecule has 0 radical (unpaired) electrons. The highest BCUT2D eigenvalue weighted by Gasteiger charge is 2.48. The second kappa shape index (κ2) is 10.3. The van der Waals surface area contributed by atoms with Gasteiger partial charge in [-0.3, -0.25) is 14.5 Å². The van der Waals surface area contributed by atoms with Crippen molar-refractivity contribution in [3.05, 3.63) is 106 Å². The van der Waals surface area contributed by atoms with E-state index in [0.29, 0.717) is 32.8 Å². The summed E-state index contributed by atoms with van der Waals surface area (Å²) in [5.74, 6) is -0.240. The number of ketones is 1. The van der Waals surface area contributed by atoms with E-state index in [-0.39, 0.29) is 17.4 Å². The Balaban J connectivity index is 1.36. The van der Waals surface area contributed by atoms with Crippen LogP contribution in [0.25, 0.3) is 5.76 Å². The minimum Gasteiger partial charge on any atom is -0.507 e. The number of hydrogen-bond acceptors (Lipinski definition) is 8. The zero-order valence-corrected chi connectivity index (χ0v) is 23.0. The second-order valence-corrected chi connectivity index (χ2v) is 11.8. The molecule has 0 saturated carbocycles. The molecule has 1 N–H and O–H groups in total. The molecule has 1 amide bonds. The third-order valence-corrected chi connectivity index (χ3v) is 8.94. The van der Waals surface area contributed by atoms with Crippen molar-refractivity contribution in [3.8, 4) is 5.75 Å². The molecule has 39 heavy (non-hydrogen) atoms. The van der Waals surface area contributed by atoms with Crippen molar-refractivity contribution in [1.82, 2.24) is 10.2 Å². The predicted molar refractivity (Wildman–Crippen MR) is 152 cm³/mol. The van der Waals surface area contributed by atoms with Crippen LogP contribution in [0, 0.1) is 6.92 Å². The summed E-state index contributed by atoms with van der Waals surface area (Å²) in [6.07, 6.45) is 0.753. The molecule has 3 heterocycles. The molecule has 9 heteroatoms. The van der Waals surface area contributed by atoms with Gasteiger partial charge in [0.1, 0.15) is 17.6 Å². The molecule has 2 aliphatic heterocycles. The number of hydrogen-bond donors (Lipinski definition) is 1. The smallest absolute Gasteiger partial charge is 0.301 e. The van der Waals surface area contributed by atoms with Crippen molar-refractivity contribution in [3.63, 3.8) is 0 Å². The molecule has 3 aromatic carbocycles. The van der Waals surface area contributed by atoms with Gasteiger partial charge in [-0.15, -0.1) is 10.2 Å². The summed E-state index contributed by atoms with van der Waals surface area (Å²) in [5.41, 5.74) is 4.50. The Bertz CT molecular complexity index is 1600. The molecular weight excluding hydrogens is 530 g/mol. The van der Waals surface area contributed by atoms with Crippen molar-refractivity contribution >= 4 is 45.7 Å². The molecule has 7 nitrogen and oxygen atoms in total. The third kappa shape index (κ3) is 4.84. The normalized spacial score (nSPS) is 19.8. The first kappa shape index (κ1) is 25.3. The maximum atomic E-state index is 13.4. The average molecular weight is 556 g/mol. The van der Waals surface area contributed by atoms with Gasteiger partial charge in [0, 0.05) is 17.7 Å². The second-order valence-electron chi connectivity index (χ2n) is 9.66. The minimum atomic E-state index is -0.836. The number of Topliss-reactive ketones (excluding diaryl/α,β-unsaturated/α-hetero) is 1. The van der Waals surface area contributed by atoms with E-state index < -0.39 is 17.7 Å². The van der Waals surface area contributed by atoms with Gasteiger partial charge in [-0.05, 0) is 48.7 Å². The number of carbonyl (C=O) groups excluding carboxylic acids is 2. The molecule has 2 atom stereocenters. The zero-order valence-electron chi connectivity index (χ0n) is 21.3. The van der Waals surface area contributed by atoms with Crippen LogP contribution in [0.2, 0.25) is 0 Å². The van der Waals surface area contributed by atoms with Gasteiger partial charge in [0.15, 0.2) is 4.34 Å². The van der Waals surface area contributed by atoms with E-state index >= 15 is 0 Å². The lowest BCUT2D eigenvalue weighted by Crippen LogP contribution is -2.29. The Morgan fingerprint density at radius 2 is 1.85 bits per heavy atom. The number of aliphatic hydroxyl groups excluding tert-OH is 1. The molecule has 4 aromatic rings. The van der Waals surface area contributed by atoms with E-state index in [1.165, 1.54) is 33.6 Å². The summed E-state index contributed by atoms with van der Waals surface area (Å²) in [4.78, 5) is 28.2. The van der Waals surface area contributed by atoms with Crippen LogP contribution in [0.5, 0.6) is 5.75 Å². The molecule has 2 unspecified atom stereocenters. The van der Waals surface area contributed by atoms with E-state index in [2.05, 4.69) is 34.5 Å². The number of aryl methyl sites for hydroxylation is 1. The monoisotopic (exact) mass is 555 g/mol. The number of thioether (sulfide) groups is 1. The number of amides is 1. The first-order valence-corrected chi connectivity index (χ1v) is 14.4. The fourth-order valence-corrected chi connectivity index (χ4v) is 6.72. The summed E-state index contributed by atoms with van der Waals surface area (Å²) >= 11 is 2.78. The third-order valence-electron chi connectivity index (χ3n) is 6.81. The Morgan fingerprint density at radius 3 is 2.62 bits per heavy atom. The molecule has 1 fully saturated rings. The van der Waals surface area contributed by atoms with E-state index in [4.69, 9.17) is 4.74 Å². The quantitative estimate of drug-likeness (QED) is 0.101. The van der Waals surface area contributed by atoms with Crippen LogP contribution in [0.4, 0.5) is 5.13 Å². The Morgan fingerprint density at radius 1 is 1.08 bits per heavy atom. The molecule has 0 spiro atoms. The number of aliphatic hydroxyl groups is 1. The molecule has 2 aliphatic rings. The van der Waals surface area contributed by atoms with Gasteiger partial charge in [-0.1, -0.05) is 83.3 Å². The summed E-state index contributed by atoms with van der Waals surface area (Å²) < 4.78 is 6.47. The fourth-order valence-electron chi connectivity index (χ4n) is 4.89. The fraction of sp³-hybridized carbons (Fsp3) is 0.200. The summed E-state index contributed by atoms with van der Waals surface area (Å²) in [5, 5.41) is 20.3. The van der Waals surface area contributed by atoms with Crippen LogP contribution in [-0.4, -0.2) is 33.1 Å². The SMILES string of the molecule is Cc1ccc(CSc2nnc(N3C(=O)C(=O)/C(=C(/O)c4ccc5c(c4)CC(C)O5)C3c3ccccc3)s2)cc1. The Labute approximate surface area is 234 Å². The van der Waals surface area contributed by atoms with Crippen molar-refractivity contribution in [2.45, 2.75) is 42.5 Å². The first-order chi connectivity index (χ1) is 18.9. The molecule has 196 valence electrons. The van der Waals surface area contributed by atoms with Crippen molar-refractivity contribution < 1.29 is 19.4 Å². The van der Waals surface area contributed by atoms with Gasteiger partial charge in [-0.25, -0.2) is 0 Å². The van der Waals surface area contributed by atoms with Gasteiger partial charge in [0.05, 0.1) is 11.6 Å². The van der Waals surface area contributed by atoms with E-state index in [0.717, 1.165) is 16.9 Å². The van der Waals surface area contributed by atoms with E-state index in [1.54, 1.807) is 12.1 Å². The summed E-state index contributed by atoms with van der Waals surface area (Å²) in [6, 6.07) is 22.0. The molecule has 0 bridgehead atoms. The van der Waals surface area contributed by atoms with Crippen LogP contribution in [0.1, 0.15) is 40.8 Å². The van der Waals surface area contributed by atoms with E-state index in [9.17, 15) is 14.7 Å². The van der Waals surface area contributed by atoms with E-state index in [1.807, 2.05) is 50.2 Å². The lowest BCUT2D eigenvalue weighted by molar-refractivity contribution is -0.132. The summed E-state index contributed by atoms with van der Waals surface area (Å²) in [6.45, 7) is 4.03. The highest BCUT2D eigenvalue weighted by Crippen LogP contribution is 2.44. The highest BCUT2D eigenvalue weighted by molar-refractivity contribution is 8.00. The van der Waals surface area contributed by atoms with Crippen molar-refractivity contribution in [2.75, 3.05) is 4.90 Å². The van der Waals surface area contributed by atoms with Crippen LogP contribution in [0.15, 0.2) is 82.7 Å². The minimum absolute atomic E-state index is 0.0298. The molecule has 6 rings (SSSR count). The number of benzene rings is 3. The van der Waals surface area contributed by atoms with Crippen LogP contribution >= 0.6 is 23.1 Å². The zero-order chi connectivity index (χ0) is 27.1. The van der Waals surface area contributed by atoms with Crippen LogP contribution in [0.3, 0.4) is 0 Å². The largest absolute Gasteiger partial charge is 0.507 e. The average Bonchev–Trinajstić information content (AvgIpc) is 3.63. The number of aromatic nitrogens is 2. The Kier molecular flexibility index (Phi) is 6.70. The molecule has 1 saturated heterocycles. The molecule has 0 aliphatic carbocycles. The van der Waals surface area contributed by atoms with Gasteiger partial charge >= 0.3 is 5.91 Å². The van der Waals surface area contributed by atoms with Gasteiger partial charge in [0.25, 0.3) is 5.78 Å². The van der Waals surface area contributed by atoms with Gasteiger partial charge in [0.2, 0.25) is 5.13 Å². The molecular formula is C30H25N3O4S2. The van der Waals surface area contributed by atoms with Crippen molar-refractivity contribution in [1.29, 1.82) is 0 Å². The van der Waals surface area contributed by atoms with Gasteiger partial charge < -0.3 is 9.84 Å². The van der Waals surface area contributed by atoms with Crippen LogP contribution in [-0.2, 0) is 21.8 Å². The number of rotatable bonds is 6.